The third-order valence-corrected chi connectivity index (χ3v) is 2.16. The molecule has 1 aromatic rings. The van der Waals surface area contributed by atoms with Gasteiger partial charge in [0, 0.05) is 6.42 Å². The smallest absolute Gasteiger partial charge is 0.343 e. The van der Waals surface area contributed by atoms with Crippen LogP contribution in [0.1, 0.15) is 16.8 Å². The lowest BCUT2D eigenvalue weighted by Crippen LogP contribution is -2.06. The topological polar surface area (TPSA) is 43.4 Å². The van der Waals surface area contributed by atoms with Gasteiger partial charge in [-0.15, -0.1) is 0 Å². The molecule has 0 saturated heterocycles. The summed E-state index contributed by atoms with van der Waals surface area (Å²) in [5.41, 5.74) is 0.494. The fraction of sp³-hybridized carbons (Fsp3) is 0.0769. The number of carbonyl (C=O) groups is 2. The molecule has 0 heterocycles. The van der Waals surface area contributed by atoms with Gasteiger partial charge >= 0.3 is 5.97 Å². The van der Waals surface area contributed by atoms with Crippen molar-refractivity contribution < 1.29 is 14.3 Å². The first kappa shape index (κ1) is 10.4. The first-order chi connectivity index (χ1) is 7.75. The largest absolute Gasteiger partial charge is 0.423 e. The molecule has 0 fully saturated rings. The van der Waals surface area contributed by atoms with Crippen LogP contribution in [-0.2, 0) is 9.53 Å². The lowest BCUT2D eigenvalue weighted by Gasteiger charge is -2.07. The molecule has 16 heavy (non-hydrogen) atoms. The van der Waals surface area contributed by atoms with Gasteiger partial charge in [0.2, 0.25) is 0 Å². The summed E-state index contributed by atoms with van der Waals surface area (Å²) in [7, 11) is 0. The number of hydrogen-bond donors (Lipinski definition) is 0. The number of rotatable bonds is 2. The molecule has 3 nitrogen and oxygen atoms in total. The van der Waals surface area contributed by atoms with Crippen LogP contribution in [0.5, 0.6) is 0 Å². The summed E-state index contributed by atoms with van der Waals surface area (Å²) in [5, 5.41) is 0. The highest BCUT2D eigenvalue weighted by Crippen LogP contribution is 2.11. The maximum Gasteiger partial charge on any atom is 0.343 e. The first-order valence-corrected chi connectivity index (χ1v) is 4.94. The van der Waals surface area contributed by atoms with Gasteiger partial charge in [0.05, 0.1) is 5.56 Å². The number of benzene rings is 1. The molecule has 0 aliphatic heterocycles. The standard InChI is InChI=1S/C13H10O3/c14-11-6-8-12(9-7-11)16-13(15)10-4-2-1-3-5-10/h1-6,8-9H,7H2. The highest BCUT2D eigenvalue weighted by molar-refractivity contribution is 5.93. The van der Waals surface area contributed by atoms with Gasteiger partial charge in [-0.05, 0) is 30.4 Å². The van der Waals surface area contributed by atoms with E-state index in [0.29, 0.717) is 11.3 Å². The fourth-order valence-electron chi connectivity index (χ4n) is 1.33. The molecule has 1 aromatic carbocycles. The molecule has 0 aromatic heterocycles. The number of ether oxygens (including phenoxy) is 1. The monoisotopic (exact) mass is 214 g/mol. The van der Waals surface area contributed by atoms with E-state index in [1.807, 2.05) is 6.07 Å². The van der Waals surface area contributed by atoms with Crippen LogP contribution >= 0.6 is 0 Å². The molecule has 1 aliphatic carbocycles. The zero-order valence-corrected chi connectivity index (χ0v) is 8.55. The van der Waals surface area contributed by atoms with E-state index in [9.17, 15) is 9.59 Å². The number of carbonyl (C=O) groups excluding carboxylic acids is 2. The highest BCUT2D eigenvalue weighted by Gasteiger charge is 2.10. The Balaban J connectivity index is 2.04. The van der Waals surface area contributed by atoms with E-state index in [4.69, 9.17) is 4.74 Å². The molecule has 3 heteroatoms. The van der Waals surface area contributed by atoms with Crippen molar-refractivity contribution in [1.29, 1.82) is 0 Å². The number of hydrogen-bond acceptors (Lipinski definition) is 3. The molecule has 0 unspecified atom stereocenters. The van der Waals surface area contributed by atoms with Crippen molar-refractivity contribution in [2.75, 3.05) is 0 Å². The SMILES string of the molecule is O=C1C=CC(OC(=O)c2ccccc2)=CC1. The summed E-state index contributed by atoms with van der Waals surface area (Å²) < 4.78 is 5.11. The van der Waals surface area contributed by atoms with Gasteiger partial charge in [0.25, 0.3) is 0 Å². The molecule has 80 valence electrons. The van der Waals surface area contributed by atoms with Crippen LogP contribution in [0.2, 0.25) is 0 Å². The average Bonchev–Trinajstić information content (AvgIpc) is 2.33. The number of esters is 1. The van der Waals surface area contributed by atoms with Crippen LogP contribution in [0.4, 0.5) is 0 Å². The van der Waals surface area contributed by atoms with E-state index in [1.54, 1.807) is 30.3 Å². The molecule has 0 saturated carbocycles. The molecule has 0 N–H and O–H groups in total. The molecule has 1 aliphatic rings. The van der Waals surface area contributed by atoms with Crippen LogP contribution < -0.4 is 0 Å². The molecule has 2 rings (SSSR count). The second-order valence-electron chi connectivity index (χ2n) is 3.37. The van der Waals surface area contributed by atoms with E-state index in [1.165, 1.54) is 12.2 Å². The van der Waals surface area contributed by atoms with E-state index in [0.717, 1.165) is 0 Å². The Labute approximate surface area is 93.0 Å². The van der Waals surface area contributed by atoms with Gasteiger partial charge in [0.15, 0.2) is 5.78 Å². The van der Waals surface area contributed by atoms with Crippen molar-refractivity contribution in [3.05, 3.63) is 59.9 Å². The average molecular weight is 214 g/mol. The Kier molecular flexibility index (Phi) is 2.96. The summed E-state index contributed by atoms with van der Waals surface area (Å²) in [5.74, 6) is 0.0267. The Morgan fingerprint density at radius 2 is 1.88 bits per heavy atom. The third-order valence-electron chi connectivity index (χ3n) is 2.16. The van der Waals surface area contributed by atoms with Crippen LogP contribution in [0.3, 0.4) is 0 Å². The third kappa shape index (κ3) is 2.45. The minimum Gasteiger partial charge on any atom is -0.423 e. The normalized spacial score (nSPS) is 14.5. The molecule has 0 spiro atoms. The summed E-state index contributed by atoms with van der Waals surface area (Å²) in [6.45, 7) is 0. The van der Waals surface area contributed by atoms with Crippen molar-refractivity contribution in [2.45, 2.75) is 6.42 Å². The summed E-state index contributed by atoms with van der Waals surface area (Å²) in [4.78, 5) is 22.5. The molecule has 0 bridgehead atoms. The molecule has 0 amide bonds. The minimum absolute atomic E-state index is 0.0134. The summed E-state index contributed by atoms with van der Waals surface area (Å²) >= 11 is 0. The van der Waals surface area contributed by atoms with Gasteiger partial charge in [-0.2, -0.15) is 0 Å². The van der Waals surface area contributed by atoms with E-state index >= 15 is 0 Å². The number of allylic oxidation sites excluding steroid dienone is 3. The van der Waals surface area contributed by atoms with Gasteiger partial charge < -0.3 is 4.74 Å². The first-order valence-electron chi connectivity index (χ1n) is 4.94. The van der Waals surface area contributed by atoms with Crippen LogP contribution in [0.25, 0.3) is 0 Å². The second kappa shape index (κ2) is 4.57. The Morgan fingerprint density at radius 1 is 1.12 bits per heavy atom. The van der Waals surface area contributed by atoms with Crippen molar-refractivity contribution in [3.63, 3.8) is 0 Å². The molecule has 0 atom stereocenters. The zero-order valence-electron chi connectivity index (χ0n) is 8.55. The summed E-state index contributed by atoms with van der Waals surface area (Å²) in [6.07, 6.45) is 4.80. The van der Waals surface area contributed by atoms with Gasteiger partial charge in [-0.3, -0.25) is 4.79 Å². The van der Waals surface area contributed by atoms with Crippen molar-refractivity contribution in [3.8, 4) is 0 Å². The van der Waals surface area contributed by atoms with Crippen LogP contribution in [0.15, 0.2) is 54.3 Å². The molecular formula is C13H10O3. The predicted molar refractivity (Wildman–Crippen MR) is 58.7 cm³/mol. The van der Waals surface area contributed by atoms with E-state index in [2.05, 4.69) is 0 Å². The van der Waals surface area contributed by atoms with Crippen LogP contribution in [0, 0.1) is 0 Å². The Bertz CT molecular complexity index is 469. The zero-order chi connectivity index (χ0) is 11.4. The fourth-order valence-corrected chi connectivity index (χ4v) is 1.33. The van der Waals surface area contributed by atoms with Crippen molar-refractivity contribution >= 4 is 11.8 Å². The van der Waals surface area contributed by atoms with Crippen molar-refractivity contribution in [2.24, 2.45) is 0 Å². The second-order valence-corrected chi connectivity index (χ2v) is 3.37. The van der Waals surface area contributed by atoms with Gasteiger partial charge in [-0.1, -0.05) is 18.2 Å². The Morgan fingerprint density at radius 3 is 2.50 bits per heavy atom. The predicted octanol–water partition coefficient (Wildman–Crippen LogP) is 2.26. The number of ketones is 1. The molecule has 0 radical (unpaired) electrons. The highest BCUT2D eigenvalue weighted by atomic mass is 16.5. The van der Waals surface area contributed by atoms with E-state index in [-0.39, 0.29) is 12.2 Å². The van der Waals surface area contributed by atoms with E-state index < -0.39 is 5.97 Å². The quantitative estimate of drug-likeness (QED) is 0.709. The molecular weight excluding hydrogens is 204 g/mol. The minimum atomic E-state index is -0.411. The lowest BCUT2D eigenvalue weighted by molar-refractivity contribution is -0.114. The van der Waals surface area contributed by atoms with Gasteiger partial charge in [-0.25, -0.2) is 4.79 Å². The maximum atomic E-state index is 11.6. The lowest BCUT2D eigenvalue weighted by atomic mass is 10.1. The maximum absolute atomic E-state index is 11.6. The van der Waals surface area contributed by atoms with Crippen molar-refractivity contribution in [1.82, 2.24) is 0 Å². The van der Waals surface area contributed by atoms with Crippen LogP contribution in [-0.4, -0.2) is 11.8 Å². The summed E-state index contributed by atoms with van der Waals surface area (Å²) in [6, 6.07) is 8.73. The van der Waals surface area contributed by atoms with Gasteiger partial charge in [0.1, 0.15) is 5.76 Å². The Hall–Kier alpha value is -2.16.